The van der Waals surface area contributed by atoms with E-state index in [9.17, 15) is 0 Å². The van der Waals surface area contributed by atoms with Gasteiger partial charge >= 0.3 is 0 Å². The van der Waals surface area contributed by atoms with Crippen molar-refractivity contribution in [3.8, 4) is 5.75 Å². The first-order valence-electron chi connectivity index (χ1n) is 7.35. The Morgan fingerprint density at radius 1 is 1.30 bits per heavy atom. The summed E-state index contributed by atoms with van der Waals surface area (Å²) in [5, 5.41) is 3.16. The van der Waals surface area contributed by atoms with Gasteiger partial charge in [0.05, 0.1) is 6.54 Å². The molecule has 112 valence electrons. The molecule has 1 aromatic rings. The van der Waals surface area contributed by atoms with E-state index in [2.05, 4.69) is 31.1 Å². The number of nitrogens with two attached hydrogens (primary N) is 1. The molecule has 0 spiro atoms. The van der Waals surface area contributed by atoms with Crippen LogP contribution in [-0.2, 0) is 0 Å². The van der Waals surface area contributed by atoms with Gasteiger partial charge in [-0.1, -0.05) is 32.0 Å². The van der Waals surface area contributed by atoms with Gasteiger partial charge in [-0.15, -0.1) is 0 Å². The Morgan fingerprint density at radius 2 is 2.00 bits per heavy atom. The van der Waals surface area contributed by atoms with Gasteiger partial charge in [0.1, 0.15) is 11.9 Å². The first kappa shape index (κ1) is 16.3. The lowest BCUT2D eigenvalue weighted by Crippen LogP contribution is -2.38. The van der Waals surface area contributed by atoms with Crippen molar-refractivity contribution >= 4 is 5.96 Å². The van der Waals surface area contributed by atoms with Gasteiger partial charge in [0.25, 0.3) is 0 Å². The lowest BCUT2D eigenvalue weighted by atomic mass is 10.2. The molecule has 0 saturated heterocycles. The first-order valence-corrected chi connectivity index (χ1v) is 7.35. The van der Waals surface area contributed by atoms with E-state index in [-0.39, 0.29) is 6.10 Å². The van der Waals surface area contributed by atoms with E-state index in [4.69, 9.17) is 10.5 Å². The maximum atomic E-state index is 5.99. The predicted octanol–water partition coefficient (Wildman–Crippen LogP) is 2.86. The van der Waals surface area contributed by atoms with Gasteiger partial charge in [-0.25, -0.2) is 4.99 Å². The minimum atomic E-state index is 0.0494. The Balaban J connectivity index is 2.55. The zero-order chi connectivity index (χ0) is 15.0. The quantitative estimate of drug-likeness (QED) is 0.595. The Bertz CT molecular complexity index is 431. The largest absolute Gasteiger partial charge is 0.488 e. The lowest BCUT2D eigenvalue weighted by Gasteiger charge is -2.18. The highest BCUT2D eigenvalue weighted by molar-refractivity contribution is 5.78. The average molecular weight is 277 g/mol. The number of rotatable bonds is 7. The molecule has 0 radical (unpaired) electrons. The highest BCUT2D eigenvalue weighted by atomic mass is 16.5. The fourth-order valence-electron chi connectivity index (χ4n) is 1.72. The summed E-state index contributed by atoms with van der Waals surface area (Å²) in [6.45, 7) is 8.91. The highest BCUT2D eigenvalue weighted by Crippen LogP contribution is 2.18. The molecule has 20 heavy (non-hydrogen) atoms. The first-order chi connectivity index (χ1) is 9.56. The molecule has 2 atom stereocenters. The molecular weight excluding hydrogens is 250 g/mol. The van der Waals surface area contributed by atoms with Gasteiger partial charge in [0.2, 0.25) is 0 Å². The summed E-state index contributed by atoms with van der Waals surface area (Å²) >= 11 is 0. The molecular formula is C16H27N3O. The standard InChI is InChI=1S/C16H27N3O/c1-5-13(4)19-16(17)18-11-14(6-2)20-15-10-8-7-9-12(15)3/h7-10,13-14H,5-6,11H2,1-4H3,(H3,17,18,19). The van der Waals surface area contributed by atoms with Gasteiger partial charge in [-0.05, 0) is 38.3 Å². The number of hydrogen-bond donors (Lipinski definition) is 2. The van der Waals surface area contributed by atoms with Crippen LogP contribution in [0.5, 0.6) is 5.75 Å². The molecule has 0 fully saturated rings. The van der Waals surface area contributed by atoms with Crippen molar-refractivity contribution in [3.63, 3.8) is 0 Å². The van der Waals surface area contributed by atoms with Crippen LogP contribution in [0.25, 0.3) is 0 Å². The van der Waals surface area contributed by atoms with E-state index < -0.39 is 0 Å². The summed E-state index contributed by atoms with van der Waals surface area (Å²) in [6.07, 6.45) is 1.97. The molecule has 0 aliphatic carbocycles. The van der Waals surface area contributed by atoms with Crippen LogP contribution in [0.4, 0.5) is 0 Å². The van der Waals surface area contributed by atoms with Gasteiger partial charge in [0, 0.05) is 6.04 Å². The molecule has 0 aliphatic heterocycles. The molecule has 0 aliphatic rings. The van der Waals surface area contributed by atoms with Gasteiger partial charge < -0.3 is 15.8 Å². The summed E-state index contributed by atoms with van der Waals surface area (Å²) in [5.41, 5.74) is 7.00. The maximum Gasteiger partial charge on any atom is 0.188 e. The number of aryl methyl sites for hydroxylation is 1. The van der Waals surface area contributed by atoms with Crippen LogP contribution >= 0.6 is 0 Å². The molecule has 4 heteroatoms. The molecule has 1 rings (SSSR count). The second-order valence-corrected chi connectivity index (χ2v) is 5.09. The monoisotopic (exact) mass is 277 g/mol. The predicted molar refractivity (Wildman–Crippen MR) is 85.3 cm³/mol. The minimum absolute atomic E-state index is 0.0494. The number of nitrogens with one attached hydrogen (secondary N) is 1. The topological polar surface area (TPSA) is 59.6 Å². The normalized spacial score (nSPS) is 14.7. The fourth-order valence-corrected chi connectivity index (χ4v) is 1.72. The Hall–Kier alpha value is -1.71. The van der Waals surface area contributed by atoms with Crippen molar-refractivity contribution in [2.45, 2.75) is 52.7 Å². The summed E-state index contributed by atoms with van der Waals surface area (Å²) in [4.78, 5) is 4.37. The van der Waals surface area contributed by atoms with Crippen molar-refractivity contribution < 1.29 is 4.74 Å². The van der Waals surface area contributed by atoms with Crippen molar-refractivity contribution in [1.82, 2.24) is 5.32 Å². The summed E-state index contributed by atoms with van der Waals surface area (Å²) in [6, 6.07) is 8.37. The van der Waals surface area contributed by atoms with Gasteiger partial charge in [0.15, 0.2) is 5.96 Å². The van der Waals surface area contributed by atoms with Crippen LogP contribution < -0.4 is 15.8 Å². The number of hydrogen-bond acceptors (Lipinski definition) is 2. The molecule has 0 heterocycles. The van der Waals surface area contributed by atoms with E-state index in [1.54, 1.807) is 0 Å². The zero-order valence-electron chi connectivity index (χ0n) is 13.0. The molecule has 2 unspecified atom stereocenters. The minimum Gasteiger partial charge on any atom is -0.488 e. The SMILES string of the molecule is CCC(C)NC(N)=NCC(CC)Oc1ccccc1C. The molecule has 0 saturated carbocycles. The van der Waals surface area contributed by atoms with E-state index in [0.29, 0.717) is 18.5 Å². The summed E-state index contributed by atoms with van der Waals surface area (Å²) in [7, 11) is 0. The molecule has 0 amide bonds. The lowest BCUT2D eigenvalue weighted by molar-refractivity contribution is 0.204. The fraction of sp³-hybridized carbons (Fsp3) is 0.562. The third kappa shape index (κ3) is 5.51. The molecule has 0 bridgehead atoms. The van der Waals surface area contributed by atoms with E-state index in [1.807, 2.05) is 31.2 Å². The second kappa shape index (κ2) is 8.46. The third-order valence-electron chi connectivity index (χ3n) is 3.31. The van der Waals surface area contributed by atoms with Crippen LogP contribution in [0.2, 0.25) is 0 Å². The Morgan fingerprint density at radius 3 is 2.60 bits per heavy atom. The number of aliphatic imine (C=N–C) groups is 1. The van der Waals surface area contributed by atoms with E-state index >= 15 is 0 Å². The van der Waals surface area contributed by atoms with Gasteiger partial charge in [-0.3, -0.25) is 0 Å². The van der Waals surface area contributed by atoms with Crippen LogP contribution in [0.1, 0.15) is 39.2 Å². The van der Waals surface area contributed by atoms with E-state index in [1.165, 1.54) is 0 Å². The summed E-state index contributed by atoms with van der Waals surface area (Å²) in [5.74, 6) is 1.41. The van der Waals surface area contributed by atoms with Crippen LogP contribution in [-0.4, -0.2) is 24.7 Å². The van der Waals surface area contributed by atoms with Gasteiger partial charge in [-0.2, -0.15) is 0 Å². The number of benzene rings is 1. The van der Waals surface area contributed by atoms with Crippen LogP contribution in [0, 0.1) is 6.92 Å². The number of guanidine groups is 1. The molecule has 3 N–H and O–H groups in total. The van der Waals surface area contributed by atoms with Crippen LogP contribution in [0.15, 0.2) is 29.3 Å². The van der Waals surface area contributed by atoms with Crippen LogP contribution in [0.3, 0.4) is 0 Å². The van der Waals surface area contributed by atoms with E-state index in [0.717, 1.165) is 24.2 Å². The Labute approximate surface area is 122 Å². The Kier molecular flexibility index (Phi) is 6.91. The highest BCUT2D eigenvalue weighted by Gasteiger charge is 2.09. The number of ether oxygens (including phenoxy) is 1. The molecule has 0 aromatic heterocycles. The number of para-hydroxylation sites is 1. The van der Waals surface area contributed by atoms with Crippen molar-refractivity contribution in [2.24, 2.45) is 10.7 Å². The smallest absolute Gasteiger partial charge is 0.188 e. The number of nitrogens with zero attached hydrogens (tertiary/aromatic N) is 1. The van der Waals surface area contributed by atoms with Crippen molar-refractivity contribution in [1.29, 1.82) is 0 Å². The summed E-state index contributed by atoms with van der Waals surface area (Å²) < 4.78 is 5.99. The maximum absolute atomic E-state index is 5.99. The second-order valence-electron chi connectivity index (χ2n) is 5.09. The zero-order valence-corrected chi connectivity index (χ0v) is 13.0. The van der Waals surface area contributed by atoms with Crippen molar-refractivity contribution in [2.75, 3.05) is 6.54 Å². The molecule has 4 nitrogen and oxygen atoms in total. The average Bonchev–Trinajstić information content (AvgIpc) is 2.45. The third-order valence-corrected chi connectivity index (χ3v) is 3.31. The molecule has 1 aromatic carbocycles. The van der Waals surface area contributed by atoms with Crippen molar-refractivity contribution in [3.05, 3.63) is 29.8 Å².